The van der Waals surface area contributed by atoms with Gasteiger partial charge in [0.1, 0.15) is 41.5 Å². The van der Waals surface area contributed by atoms with Crippen molar-refractivity contribution in [3.63, 3.8) is 0 Å². The van der Waals surface area contributed by atoms with Crippen LogP contribution in [0.5, 0.6) is 11.8 Å². The highest BCUT2D eigenvalue weighted by Gasteiger charge is 2.51. The van der Waals surface area contributed by atoms with Crippen LogP contribution in [0, 0.1) is 24.0 Å². The van der Waals surface area contributed by atoms with Crippen molar-refractivity contribution in [2.24, 2.45) is 0 Å². The van der Waals surface area contributed by atoms with E-state index < -0.39 is 11.6 Å². The second-order valence-electron chi connectivity index (χ2n) is 20.1. The third kappa shape index (κ3) is 13.4. The maximum atomic E-state index is 16.9. The molecule has 0 saturated carbocycles. The zero-order valence-corrected chi connectivity index (χ0v) is 44.1. The molecule has 2 aromatic heterocycles. The molecule has 0 radical (unpaired) electrons. The highest BCUT2D eigenvalue weighted by atomic mass is 19.1. The minimum atomic E-state index is -0.733. The molecular weight excluding hydrogens is 991 g/mol. The number of benzene rings is 3. The number of ether oxygens (including phenoxy) is 2. The molecule has 18 nitrogen and oxygen atoms in total. The number of aromatic hydroxyl groups is 1. The number of halogens is 2. The van der Waals surface area contributed by atoms with E-state index >= 15 is 4.39 Å². The van der Waals surface area contributed by atoms with E-state index in [-0.39, 0.29) is 63.0 Å². The summed E-state index contributed by atoms with van der Waals surface area (Å²) in [6, 6.07) is 11.4. The van der Waals surface area contributed by atoms with Gasteiger partial charge in [0.2, 0.25) is 12.3 Å². The Labute approximate surface area is 447 Å². The van der Waals surface area contributed by atoms with Gasteiger partial charge in [-0.3, -0.25) is 34.0 Å². The molecule has 5 aromatic rings. The summed E-state index contributed by atoms with van der Waals surface area (Å²) in [7, 11) is 6.96. The Morgan fingerprint density at radius 3 is 2.47 bits per heavy atom. The number of phenolic OH excluding ortho intramolecular Hbond substituents is 1. The second kappa shape index (κ2) is 26.6. The number of hydrogen-bond donors (Lipinski definition) is 5. The molecule has 4 saturated heterocycles. The molecule has 2 amide bonds. The number of pyridine rings is 1. The molecule has 4 aliphatic heterocycles. The van der Waals surface area contributed by atoms with Crippen LogP contribution in [0.1, 0.15) is 84.1 Å². The van der Waals surface area contributed by atoms with Gasteiger partial charge in [-0.15, -0.1) is 6.42 Å². The molecule has 77 heavy (non-hydrogen) atoms. The number of unbranched alkanes of at least 4 members (excludes halogenated alkanes) is 1. The minimum Gasteiger partial charge on any atom is -0.508 e. The largest absolute Gasteiger partial charge is 0.508 e. The van der Waals surface area contributed by atoms with Crippen LogP contribution in [0.15, 0.2) is 60.8 Å². The Morgan fingerprint density at radius 2 is 1.79 bits per heavy atom. The molecule has 3 unspecified atom stereocenters. The number of nitrogens with zero attached hydrogens (tertiary/aromatic N) is 6. The van der Waals surface area contributed by atoms with Crippen LogP contribution in [0.2, 0.25) is 0 Å². The fourth-order valence-electron chi connectivity index (χ4n) is 10.9. The van der Waals surface area contributed by atoms with Gasteiger partial charge < -0.3 is 45.5 Å². The van der Waals surface area contributed by atoms with Crippen molar-refractivity contribution >= 4 is 64.4 Å². The van der Waals surface area contributed by atoms with Crippen molar-refractivity contribution in [2.75, 3.05) is 84.4 Å². The molecule has 9 rings (SSSR count). The van der Waals surface area contributed by atoms with Crippen LogP contribution in [-0.2, 0) is 19.1 Å². The third-order valence-electron chi connectivity index (χ3n) is 14.6. The number of piperazine rings is 1. The fraction of sp³-hybridized carbons (Fsp3) is 0.439. The van der Waals surface area contributed by atoms with Gasteiger partial charge in [-0.2, -0.15) is 9.97 Å². The van der Waals surface area contributed by atoms with Gasteiger partial charge in [0, 0.05) is 105 Å². The summed E-state index contributed by atoms with van der Waals surface area (Å²) < 4.78 is 43.7. The number of phenols is 1. The van der Waals surface area contributed by atoms with E-state index in [1.165, 1.54) is 24.3 Å². The molecule has 0 aliphatic carbocycles. The predicted molar refractivity (Wildman–Crippen MR) is 291 cm³/mol. The van der Waals surface area contributed by atoms with Crippen LogP contribution in [0.3, 0.4) is 0 Å². The van der Waals surface area contributed by atoms with Crippen molar-refractivity contribution in [2.45, 2.75) is 87.5 Å². The van der Waals surface area contributed by atoms with Crippen LogP contribution in [0.25, 0.3) is 32.9 Å². The lowest BCUT2D eigenvalue weighted by atomic mass is 9.94. The normalized spacial score (nSPS) is 19.8. The Hall–Kier alpha value is -7.44. The lowest BCUT2D eigenvalue weighted by Gasteiger charge is -2.35. The van der Waals surface area contributed by atoms with Crippen LogP contribution in [0.4, 0.5) is 20.3 Å². The highest BCUT2D eigenvalue weighted by Crippen LogP contribution is 2.45. The summed E-state index contributed by atoms with van der Waals surface area (Å²) in [4.78, 5) is 73.1. The average Bonchev–Trinajstić information content (AvgIpc) is 4.09. The zero-order valence-electron chi connectivity index (χ0n) is 44.1. The van der Waals surface area contributed by atoms with Crippen LogP contribution < -0.4 is 30.9 Å². The van der Waals surface area contributed by atoms with Gasteiger partial charge in [0.05, 0.1) is 29.1 Å². The van der Waals surface area contributed by atoms with Gasteiger partial charge >= 0.3 is 6.01 Å². The van der Waals surface area contributed by atoms with E-state index in [0.717, 1.165) is 75.6 Å². The lowest BCUT2D eigenvalue weighted by Crippen LogP contribution is -2.51. The van der Waals surface area contributed by atoms with Crippen molar-refractivity contribution in [3.05, 3.63) is 89.1 Å². The first kappa shape index (κ1) is 57.3. The number of anilines is 2. The van der Waals surface area contributed by atoms with E-state index in [4.69, 9.17) is 20.9 Å². The zero-order chi connectivity index (χ0) is 55.2. The molecule has 6 heterocycles. The van der Waals surface area contributed by atoms with E-state index in [9.17, 15) is 33.5 Å². The molecule has 0 spiro atoms. The number of amides is 2. The number of aromatic nitrogens is 3. The summed E-state index contributed by atoms with van der Waals surface area (Å²) in [6.07, 6.45) is 17.7. The third-order valence-corrected chi connectivity index (χ3v) is 14.6. The molecular formula is C57H68F2N10O8. The SMILES string of the molecule is C#Cc1c(F)ccc2cc(O)cc(-c3ncc4c(N5CC6CCC(C5)N6)nc(OC[C@@]56CC[C@@H](COC)N5CC(=C)C6)nc4c3F)c12.CNC(=O)C(CCC=O)N(C)C.O=CNCCCCNc1ccc(C=O)c(C=O)c1. The Morgan fingerprint density at radius 1 is 1.04 bits per heavy atom. The molecule has 5 atom stereocenters. The summed E-state index contributed by atoms with van der Waals surface area (Å²) in [5.74, 6) is 1.43. The number of terminal acetylenes is 1. The molecule has 408 valence electrons. The van der Waals surface area contributed by atoms with E-state index in [2.05, 4.69) is 53.5 Å². The number of hydrogen-bond acceptors (Lipinski definition) is 16. The quantitative estimate of drug-likeness (QED) is 0.0253. The summed E-state index contributed by atoms with van der Waals surface area (Å²) >= 11 is 0. The van der Waals surface area contributed by atoms with Crippen molar-refractivity contribution in [3.8, 4) is 35.4 Å². The monoisotopic (exact) mass is 1060 g/mol. The fourth-order valence-corrected chi connectivity index (χ4v) is 10.9. The van der Waals surface area contributed by atoms with Gasteiger partial charge in [-0.05, 0) is 107 Å². The summed E-state index contributed by atoms with van der Waals surface area (Å²) in [5.41, 5.74) is 2.54. The molecule has 5 N–H and O–H groups in total. The number of carbonyl (C=O) groups is 5. The van der Waals surface area contributed by atoms with Crippen molar-refractivity contribution in [1.29, 1.82) is 0 Å². The maximum absolute atomic E-state index is 16.9. The van der Waals surface area contributed by atoms with Crippen LogP contribution >= 0.6 is 0 Å². The molecule has 3 aromatic carbocycles. The first-order chi connectivity index (χ1) is 37.2. The summed E-state index contributed by atoms with van der Waals surface area (Å²) in [6.45, 7) is 8.85. The van der Waals surface area contributed by atoms with Gasteiger partial charge in [-0.25, -0.2) is 8.78 Å². The van der Waals surface area contributed by atoms with E-state index in [0.29, 0.717) is 104 Å². The topological polar surface area (TPSA) is 221 Å². The number of methoxy groups -OCH3 is 1. The van der Waals surface area contributed by atoms with E-state index in [1.54, 1.807) is 38.6 Å². The van der Waals surface area contributed by atoms with Crippen molar-refractivity contribution in [1.82, 2.24) is 40.7 Å². The lowest BCUT2D eigenvalue weighted by molar-refractivity contribution is -0.125. The van der Waals surface area contributed by atoms with Gasteiger partial charge in [-0.1, -0.05) is 24.1 Å². The smallest absolute Gasteiger partial charge is 0.319 e. The second-order valence-corrected chi connectivity index (χ2v) is 20.1. The molecule has 4 aliphatic rings. The number of aldehydes is 3. The van der Waals surface area contributed by atoms with Crippen molar-refractivity contribution < 1.29 is 47.3 Å². The Bertz CT molecular complexity index is 3000. The standard InChI is InChI=1S/C36H36F2N6O3.C13H16N2O3.C8H16N2O2/c1-4-26-29(37)8-5-21-11-25(45)12-27(30(21)26)32-31(38)33-28(14-39-32)34(43-16-22-6-7-23(17-43)40-22)42-35(41-33)47-19-36-10-9-24(18-46-3)44(36)15-20(2)13-36;16-8-11-3-4-13(7-12(11)9-17)15-6-2-1-5-14-10-18;1-9-8(12)7(10(2)3)5-4-6-11/h1,5,8,11-12,14,22-24,40,45H,2,6-7,9-10,13,15-19H2,3H3;3-4,7-10,15H,1-2,5-6H2,(H,14,18);6-7H,4-5H2,1-3H3,(H,9,12)/t22?,23?,24-,36-;;/m0../s1. The maximum Gasteiger partial charge on any atom is 0.319 e. The number of fused-ring (bicyclic) bond motifs is 5. The number of carbonyl (C=O) groups excluding carboxylic acids is 5. The van der Waals surface area contributed by atoms with Gasteiger partial charge in [0.25, 0.3) is 0 Å². The first-order valence-corrected chi connectivity index (χ1v) is 25.8. The molecule has 4 fully saturated rings. The Kier molecular flexibility index (Phi) is 19.7. The number of nitrogens with one attached hydrogen (secondary N) is 4. The first-order valence-electron chi connectivity index (χ1n) is 25.8. The number of likely N-dealkylation sites (N-methyl/N-ethyl adjacent to an activating group) is 2. The predicted octanol–water partition coefficient (Wildman–Crippen LogP) is 5.83. The van der Waals surface area contributed by atoms with E-state index in [1.807, 2.05) is 19.0 Å². The molecule has 20 heteroatoms. The minimum absolute atomic E-state index is 0.0323. The summed E-state index contributed by atoms with van der Waals surface area (Å²) in [5, 5.41) is 23.7. The van der Waals surface area contributed by atoms with Crippen LogP contribution in [-0.4, -0.2) is 165 Å². The molecule has 2 bridgehead atoms. The van der Waals surface area contributed by atoms with Gasteiger partial charge in [0.15, 0.2) is 18.4 Å². The number of rotatable bonds is 21. The average molecular weight is 1060 g/mol. The highest BCUT2D eigenvalue weighted by molar-refractivity contribution is 6.03. The Balaban J connectivity index is 0.000000236.